The lowest BCUT2D eigenvalue weighted by Crippen LogP contribution is -1.96. The predicted octanol–water partition coefficient (Wildman–Crippen LogP) is 3.12. The molecule has 0 bridgehead atoms. The summed E-state index contributed by atoms with van der Waals surface area (Å²) >= 11 is 0. The highest BCUT2D eigenvalue weighted by molar-refractivity contribution is 5.87. The van der Waals surface area contributed by atoms with Crippen molar-refractivity contribution in [1.29, 1.82) is 0 Å². The summed E-state index contributed by atoms with van der Waals surface area (Å²) in [6.07, 6.45) is 4.69. The molecule has 1 aromatic rings. The average Bonchev–Trinajstić information content (AvgIpc) is 2.19. The first-order valence-electron chi connectivity index (χ1n) is 5.06. The first-order chi connectivity index (χ1) is 6.74. The maximum atomic E-state index is 10.6. The van der Waals surface area contributed by atoms with Gasteiger partial charge in [-0.25, -0.2) is 4.79 Å². The van der Waals surface area contributed by atoms with Crippen LogP contribution in [0.5, 0.6) is 0 Å². The second-order valence-electron chi connectivity index (χ2n) is 3.46. The Morgan fingerprint density at radius 1 is 1.21 bits per heavy atom. The Bertz CT molecular complexity index is 288. The molecule has 0 amide bonds. The van der Waals surface area contributed by atoms with E-state index in [4.69, 9.17) is 5.11 Å². The van der Waals surface area contributed by atoms with Crippen LogP contribution in [-0.4, -0.2) is 11.1 Å². The van der Waals surface area contributed by atoms with Crippen LogP contribution in [0.4, 0.5) is 0 Å². The molecule has 0 saturated carbocycles. The molecule has 1 aromatic carbocycles. The third-order valence-corrected chi connectivity index (χ3v) is 2.27. The number of rotatable bonds is 5. The fourth-order valence-electron chi connectivity index (χ4n) is 1.39. The third-order valence-electron chi connectivity index (χ3n) is 2.27. The minimum absolute atomic E-state index is 0.365. The summed E-state index contributed by atoms with van der Waals surface area (Å²) in [4.78, 5) is 10.6. The van der Waals surface area contributed by atoms with Crippen molar-refractivity contribution >= 4 is 5.97 Å². The van der Waals surface area contributed by atoms with E-state index >= 15 is 0 Å². The number of unbranched alkanes of at least 4 members (excludes halogenated alkanes) is 2. The van der Waals surface area contributed by atoms with Gasteiger partial charge in [-0.15, -0.1) is 0 Å². The molecular formula is C12H16O2. The minimum Gasteiger partial charge on any atom is -0.478 e. The van der Waals surface area contributed by atoms with Crippen molar-refractivity contribution < 1.29 is 9.90 Å². The first-order valence-corrected chi connectivity index (χ1v) is 5.06. The highest BCUT2D eigenvalue weighted by atomic mass is 16.4. The van der Waals surface area contributed by atoms with Crippen molar-refractivity contribution in [3.8, 4) is 0 Å². The van der Waals surface area contributed by atoms with E-state index in [1.165, 1.54) is 24.8 Å². The standard InChI is InChI=1S/C12H16O2/c1-2-3-4-5-10-6-8-11(9-7-10)12(13)14/h6-9H,2-5H2,1H3,(H,13,14). The van der Waals surface area contributed by atoms with Crippen LogP contribution >= 0.6 is 0 Å². The fraction of sp³-hybridized carbons (Fsp3) is 0.417. The van der Waals surface area contributed by atoms with Crippen LogP contribution in [0.1, 0.15) is 42.1 Å². The van der Waals surface area contributed by atoms with Crippen LogP contribution in [0.25, 0.3) is 0 Å². The molecule has 0 unspecified atom stereocenters. The number of carboxylic acids is 1. The number of carbonyl (C=O) groups is 1. The van der Waals surface area contributed by atoms with Gasteiger partial charge in [0.25, 0.3) is 0 Å². The van der Waals surface area contributed by atoms with Crippen molar-refractivity contribution in [2.45, 2.75) is 32.6 Å². The van der Waals surface area contributed by atoms with Crippen molar-refractivity contribution in [1.82, 2.24) is 0 Å². The molecule has 14 heavy (non-hydrogen) atoms. The molecule has 0 heterocycles. The van der Waals surface area contributed by atoms with Gasteiger partial charge in [0, 0.05) is 0 Å². The summed E-state index contributed by atoms with van der Waals surface area (Å²) in [5, 5.41) is 8.69. The Hall–Kier alpha value is -1.31. The summed E-state index contributed by atoms with van der Waals surface area (Å²) in [6.45, 7) is 2.17. The zero-order chi connectivity index (χ0) is 10.4. The summed E-state index contributed by atoms with van der Waals surface area (Å²) < 4.78 is 0. The Kier molecular flexibility index (Phi) is 4.17. The number of hydrogen-bond acceptors (Lipinski definition) is 1. The molecule has 1 N–H and O–H groups in total. The number of carboxylic acid groups (broad SMARTS) is 1. The number of benzene rings is 1. The Morgan fingerprint density at radius 3 is 2.36 bits per heavy atom. The van der Waals surface area contributed by atoms with Crippen LogP contribution < -0.4 is 0 Å². The molecule has 0 aliphatic rings. The molecular weight excluding hydrogens is 176 g/mol. The van der Waals surface area contributed by atoms with E-state index in [0.717, 1.165) is 6.42 Å². The van der Waals surface area contributed by atoms with Gasteiger partial charge < -0.3 is 5.11 Å². The smallest absolute Gasteiger partial charge is 0.335 e. The van der Waals surface area contributed by atoms with Crippen molar-refractivity contribution in [2.24, 2.45) is 0 Å². The van der Waals surface area contributed by atoms with Gasteiger partial charge in [0.1, 0.15) is 0 Å². The first kappa shape index (κ1) is 10.8. The van der Waals surface area contributed by atoms with E-state index < -0.39 is 5.97 Å². The second kappa shape index (κ2) is 5.43. The number of aromatic carboxylic acids is 1. The maximum Gasteiger partial charge on any atom is 0.335 e. The van der Waals surface area contributed by atoms with Crippen LogP contribution in [0.3, 0.4) is 0 Å². The van der Waals surface area contributed by atoms with Crippen molar-refractivity contribution in [3.05, 3.63) is 35.4 Å². The molecule has 2 nitrogen and oxygen atoms in total. The summed E-state index contributed by atoms with van der Waals surface area (Å²) in [6, 6.07) is 7.14. The van der Waals surface area contributed by atoms with Gasteiger partial charge in [0.2, 0.25) is 0 Å². The van der Waals surface area contributed by atoms with Crippen LogP contribution in [0.15, 0.2) is 24.3 Å². The zero-order valence-corrected chi connectivity index (χ0v) is 8.49. The number of hydrogen-bond donors (Lipinski definition) is 1. The van der Waals surface area contributed by atoms with Crippen molar-refractivity contribution in [3.63, 3.8) is 0 Å². The van der Waals surface area contributed by atoms with Gasteiger partial charge in [0.15, 0.2) is 0 Å². The normalized spacial score (nSPS) is 10.1. The molecule has 0 aliphatic heterocycles. The van der Waals surface area contributed by atoms with E-state index in [-0.39, 0.29) is 0 Å². The monoisotopic (exact) mass is 192 g/mol. The lowest BCUT2D eigenvalue weighted by Gasteiger charge is -2.00. The minimum atomic E-state index is -0.856. The van der Waals surface area contributed by atoms with Gasteiger partial charge in [-0.05, 0) is 30.5 Å². The zero-order valence-electron chi connectivity index (χ0n) is 8.49. The maximum absolute atomic E-state index is 10.6. The molecule has 0 fully saturated rings. The number of aryl methyl sites for hydroxylation is 1. The summed E-state index contributed by atoms with van der Waals surface area (Å²) in [5.41, 5.74) is 1.59. The largest absolute Gasteiger partial charge is 0.478 e. The Morgan fingerprint density at radius 2 is 1.86 bits per heavy atom. The molecule has 0 saturated heterocycles. The average molecular weight is 192 g/mol. The molecule has 0 radical (unpaired) electrons. The van der Waals surface area contributed by atoms with Crippen LogP contribution in [0, 0.1) is 0 Å². The molecule has 0 aromatic heterocycles. The molecule has 76 valence electrons. The highest BCUT2D eigenvalue weighted by Crippen LogP contribution is 2.08. The quantitative estimate of drug-likeness (QED) is 0.728. The summed E-state index contributed by atoms with van der Waals surface area (Å²) in [5.74, 6) is -0.856. The third kappa shape index (κ3) is 3.21. The topological polar surface area (TPSA) is 37.3 Å². The van der Waals surface area contributed by atoms with Crippen LogP contribution in [0.2, 0.25) is 0 Å². The molecule has 2 heteroatoms. The van der Waals surface area contributed by atoms with Gasteiger partial charge in [0.05, 0.1) is 5.56 Å². The van der Waals surface area contributed by atoms with Gasteiger partial charge >= 0.3 is 5.97 Å². The summed E-state index contributed by atoms with van der Waals surface area (Å²) in [7, 11) is 0. The van der Waals surface area contributed by atoms with E-state index in [2.05, 4.69) is 6.92 Å². The fourth-order valence-corrected chi connectivity index (χ4v) is 1.39. The van der Waals surface area contributed by atoms with Gasteiger partial charge in [-0.3, -0.25) is 0 Å². The molecule has 0 atom stereocenters. The molecule has 0 aliphatic carbocycles. The molecule has 1 rings (SSSR count). The predicted molar refractivity (Wildman–Crippen MR) is 56.6 cm³/mol. The van der Waals surface area contributed by atoms with Crippen molar-refractivity contribution in [2.75, 3.05) is 0 Å². The highest BCUT2D eigenvalue weighted by Gasteiger charge is 2.00. The Labute approximate surface area is 84.6 Å². The SMILES string of the molecule is CCCCCc1ccc(C(=O)O)cc1. The van der Waals surface area contributed by atoms with E-state index in [1.54, 1.807) is 12.1 Å². The molecule has 0 spiro atoms. The Balaban J connectivity index is 2.51. The van der Waals surface area contributed by atoms with E-state index in [1.807, 2.05) is 12.1 Å². The lowest BCUT2D eigenvalue weighted by atomic mass is 10.1. The lowest BCUT2D eigenvalue weighted by molar-refractivity contribution is 0.0697. The van der Waals surface area contributed by atoms with Gasteiger partial charge in [-0.2, -0.15) is 0 Å². The van der Waals surface area contributed by atoms with E-state index in [0.29, 0.717) is 5.56 Å². The van der Waals surface area contributed by atoms with E-state index in [9.17, 15) is 4.79 Å². The van der Waals surface area contributed by atoms with Crippen LogP contribution in [-0.2, 0) is 6.42 Å². The van der Waals surface area contributed by atoms with Gasteiger partial charge in [-0.1, -0.05) is 31.9 Å². The second-order valence-corrected chi connectivity index (χ2v) is 3.46.